The van der Waals surface area contributed by atoms with E-state index in [1.807, 2.05) is 36.4 Å². The lowest BCUT2D eigenvalue weighted by atomic mass is 9.77. The second-order valence-corrected chi connectivity index (χ2v) is 8.08. The number of rotatable bonds is 3. The summed E-state index contributed by atoms with van der Waals surface area (Å²) in [4.78, 5) is 13.4. The molecule has 3 aromatic carbocycles. The third kappa shape index (κ3) is 3.81. The molecule has 0 spiro atoms. The molecule has 2 aliphatic rings. The second kappa shape index (κ2) is 8.31. The van der Waals surface area contributed by atoms with Crippen LogP contribution in [0.25, 0.3) is 6.08 Å². The van der Waals surface area contributed by atoms with Crippen molar-refractivity contribution < 1.29 is 9.18 Å². The van der Waals surface area contributed by atoms with Crippen LogP contribution in [0.15, 0.2) is 95.6 Å². The fourth-order valence-electron chi connectivity index (χ4n) is 4.63. The number of hydrogen-bond donors (Lipinski definition) is 0. The minimum Gasteiger partial charge on any atom is -0.267 e. The van der Waals surface area contributed by atoms with Crippen LogP contribution in [0.2, 0.25) is 0 Å². The van der Waals surface area contributed by atoms with Crippen molar-refractivity contribution in [2.24, 2.45) is 11.0 Å². The van der Waals surface area contributed by atoms with E-state index in [2.05, 4.69) is 30.3 Å². The average Bonchev–Trinajstić information content (AvgIpc) is 3.21. The Morgan fingerprint density at radius 1 is 0.935 bits per heavy atom. The van der Waals surface area contributed by atoms with E-state index in [9.17, 15) is 9.18 Å². The van der Waals surface area contributed by atoms with Gasteiger partial charge >= 0.3 is 0 Å². The molecule has 31 heavy (non-hydrogen) atoms. The van der Waals surface area contributed by atoms with Gasteiger partial charge in [-0.05, 0) is 66.3 Å². The summed E-state index contributed by atoms with van der Waals surface area (Å²) in [7, 11) is 0. The van der Waals surface area contributed by atoms with Crippen molar-refractivity contribution in [2.75, 3.05) is 0 Å². The summed E-state index contributed by atoms with van der Waals surface area (Å²) in [6.07, 6.45) is 5.19. The maximum absolute atomic E-state index is 13.4. The zero-order valence-electron chi connectivity index (χ0n) is 17.1. The highest BCUT2D eigenvalue weighted by atomic mass is 19.1. The third-order valence-corrected chi connectivity index (χ3v) is 6.08. The minimum atomic E-state index is -0.356. The molecule has 0 N–H and O–H groups in total. The first-order valence-electron chi connectivity index (χ1n) is 10.7. The quantitative estimate of drug-likeness (QED) is 0.501. The summed E-state index contributed by atoms with van der Waals surface area (Å²) in [5.41, 5.74) is 4.85. The molecule has 5 rings (SSSR count). The molecule has 2 atom stereocenters. The van der Waals surface area contributed by atoms with Gasteiger partial charge in [0.1, 0.15) is 5.82 Å². The van der Waals surface area contributed by atoms with Crippen LogP contribution in [0.4, 0.5) is 4.39 Å². The molecule has 2 unspecified atom stereocenters. The van der Waals surface area contributed by atoms with E-state index in [1.165, 1.54) is 29.8 Å². The van der Waals surface area contributed by atoms with Gasteiger partial charge in [-0.1, -0.05) is 60.7 Å². The van der Waals surface area contributed by atoms with Gasteiger partial charge in [0.15, 0.2) is 0 Å². The predicted octanol–water partition coefficient (Wildman–Crippen LogP) is 6.26. The van der Waals surface area contributed by atoms with Crippen molar-refractivity contribution in [3.05, 3.63) is 113 Å². The number of carbonyl (C=O) groups is 1. The molecule has 0 radical (unpaired) electrons. The monoisotopic (exact) mass is 410 g/mol. The summed E-state index contributed by atoms with van der Waals surface area (Å²) < 4.78 is 13.4. The number of benzene rings is 3. The smallest absolute Gasteiger partial charge is 0.267 e. The van der Waals surface area contributed by atoms with Gasteiger partial charge in [0.25, 0.3) is 5.91 Å². The van der Waals surface area contributed by atoms with Gasteiger partial charge in [-0.15, -0.1) is 0 Å². The van der Waals surface area contributed by atoms with E-state index in [0.717, 1.165) is 36.1 Å². The van der Waals surface area contributed by atoms with Crippen molar-refractivity contribution >= 4 is 17.7 Å². The SMILES string of the molecule is O=C(c1ccc(F)cc1)N1N=C2/C(=C/c3ccccc3)CCCC2C1c1ccccc1. The second-order valence-electron chi connectivity index (χ2n) is 8.08. The molecule has 3 aromatic rings. The van der Waals surface area contributed by atoms with Gasteiger partial charge in [0, 0.05) is 11.5 Å². The largest absolute Gasteiger partial charge is 0.274 e. The highest BCUT2D eigenvalue weighted by Crippen LogP contribution is 2.44. The number of nitrogens with zero attached hydrogens (tertiary/aromatic N) is 2. The van der Waals surface area contributed by atoms with Crippen LogP contribution < -0.4 is 0 Å². The zero-order chi connectivity index (χ0) is 21.2. The number of hydrogen-bond acceptors (Lipinski definition) is 2. The molecule has 4 heteroatoms. The Kier molecular flexibility index (Phi) is 5.21. The van der Waals surface area contributed by atoms with E-state index < -0.39 is 0 Å². The molecule has 1 amide bonds. The van der Waals surface area contributed by atoms with Crippen molar-refractivity contribution in [2.45, 2.75) is 25.3 Å². The fourth-order valence-corrected chi connectivity index (χ4v) is 4.63. The summed E-state index contributed by atoms with van der Waals surface area (Å²) in [6, 6.07) is 25.9. The van der Waals surface area contributed by atoms with Crippen LogP contribution in [0.3, 0.4) is 0 Å². The van der Waals surface area contributed by atoms with E-state index in [4.69, 9.17) is 5.10 Å². The Bertz CT molecular complexity index is 1140. The maximum Gasteiger partial charge on any atom is 0.274 e. The first-order valence-corrected chi connectivity index (χ1v) is 10.7. The van der Waals surface area contributed by atoms with Gasteiger partial charge in [0.2, 0.25) is 0 Å². The molecule has 0 bridgehead atoms. The van der Waals surface area contributed by atoms with E-state index in [0.29, 0.717) is 5.56 Å². The van der Waals surface area contributed by atoms with E-state index in [1.54, 1.807) is 5.01 Å². The van der Waals surface area contributed by atoms with Gasteiger partial charge in [0.05, 0.1) is 11.8 Å². The Balaban J connectivity index is 1.57. The molecule has 0 aromatic heterocycles. The minimum absolute atomic E-state index is 0.149. The van der Waals surface area contributed by atoms with Crippen molar-refractivity contribution in [3.63, 3.8) is 0 Å². The number of amides is 1. The van der Waals surface area contributed by atoms with Gasteiger partial charge in [-0.25, -0.2) is 9.40 Å². The van der Waals surface area contributed by atoms with Crippen LogP contribution in [0, 0.1) is 11.7 Å². The molecule has 1 heterocycles. The highest BCUT2D eigenvalue weighted by molar-refractivity contribution is 6.09. The predicted molar refractivity (Wildman–Crippen MR) is 121 cm³/mol. The van der Waals surface area contributed by atoms with Crippen LogP contribution >= 0.6 is 0 Å². The van der Waals surface area contributed by atoms with E-state index in [-0.39, 0.29) is 23.7 Å². The molecule has 1 aliphatic heterocycles. The molecule has 3 nitrogen and oxygen atoms in total. The maximum atomic E-state index is 13.4. The zero-order valence-corrected chi connectivity index (χ0v) is 17.1. The van der Waals surface area contributed by atoms with Gasteiger partial charge < -0.3 is 0 Å². The van der Waals surface area contributed by atoms with Gasteiger partial charge in [-0.3, -0.25) is 4.79 Å². The lowest BCUT2D eigenvalue weighted by Crippen LogP contribution is -2.31. The molecule has 0 saturated heterocycles. The van der Waals surface area contributed by atoms with Crippen molar-refractivity contribution in [1.29, 1.82) is 0 Å². The third-order valence-electron chi connectivity index (χ3n) is 6.08. The number of halogens is 1. The number of hydrazone groups is 1. The number of allylic oxidation sites excluding steroid dienone is 1. The van der Waals surface area contributed by atoms with Crippen LogP contribution in [0.1, 0.15) is 46.8 Å². The Morgan fingerprint density at radius 3 is 2.32 bits per heavy atom. The summed E-state index contributed by atoms with van der Waals surface area (Å²) in [5, 5.41) is 6.50. The normalized spacial score (nSPS) is 21.6. The van der Waals surface area contributed by atoms with Crippen molar-refractivity contribution in [3.8, 4) is 0 Å². The van der Waals surface area contributed by atoms with Crippen molar-refractivity contribution in [1.82, 2.24) is 5.01 Å². The van der Waals surface area contributed by atoms with Crippen LogP contribution in [-0.4, -0.2) is 16.6 Å². The van der Waals surface area contributed by atoms with E-state index >= 15 is 0 Å². The summed E-state index contributed by atoms with van der Waals surface area (Å²) in [5.74, 6) is -0.407. The van der Waals surface area contributed by atoms with Crippen LogP contribution in [0.5, 0.6) is 0 Å². The fraction of sp³-hybridized carbons (Fsp3) is 0.185. The highest BCUT2D eigenvalue weighted by Gasteiger charge is 2.43. The first kappa shape index (κ1) is 19.4. The lowest BCUT2D eigenvalue weighted by Gasteiger charge is -2.29. The van der Waals surface area contributed by atoms with Crippen LogP contribution in [-0.2, 0) is 0 Å². The molecular formula is C27H23FN2O. The first-order chi connectivity index (χ1) is 15.2. The molecule has 1 aliphatic carbocycles. The summed E-state index contributed by atoms with van der Waals surface area (Å²) >= 11 is 0. The molecular weight excluding hydrogens is 387 g/mol. The molecule has 1 fully saturated rings. The topological polar surface area (TPSA) is 32.7 Å². The Morgan fingerprint density at radius 2 is 1.61 bits per heavy atom. The standard InChI is InChI=1S/C27H23FN2O/c28-23-16-14-21(15-17-23)27(31)30-26(20-10-5-2-6-11-20)24-13-7-12-22(25(24)29-30)18-19-8-3-1-4-9-19/h1-6,8-11,14-18,24,26H,7,12-13H2/b22-18+. The number of carbonyl (C=O) groups excluding carboxylic acids is 1. The summed E-state index contributed by atoms with van der Waals surface area (Å²) in [6.45, 7) is 0. The molecule has 154 valence electrons. The number of fused-ring (bicyclic) bond motifs is 1. The molecule has 1 saturated carbocycles. The Hall–Kier alpha value is -3.53. The Labute approximate surface area is 181 Å². The van der Waals surface area contributed by atoms with Gasteiger partial charge in [-0.2, -0.15) is 5.10 Å². The lowest BCUT2D eigenvalue weighted by molar-refractivity contribution is 0.0681. The average molecular weight is 410 g/mol.